The van der Waals surface area contributed by atoms with Crippen molar-refractivity contribution in [2.24, 2.45) is 16.8 Å². The molecular weight excluding hydrogens is 254 g/mol. The summed E-state index contributed by atoms with van der Waals surface area (Å²) in [6, 6.07) is 0. The first-order chi connectivity index (χ1) is 8.45. The lowest BCUT2D eigenvalue weighted by Gasteiger charge is -2.13. The maximum absolute atomic E-state index is 12.0. The van der Waals surface area contributed by atoms with Crippen molar-refractivity contribution in [2.75, 3.05) is 24.6 Å². The summed E-state index contributed by atoms with van der Waals surface area (Å²) in [5.41, 5.74) is 6.28. The van der Waals surface area contributed by atoms with Gasteiger partial charge in [0.15, 0.2) is 9.84 Å². The molecule has 1 rings (SSSR count). The molecule has 1 amide bonds. The zero-order valence-electron chi connectivity index (χ0n) is 10.9. The summed E-state index contributed by atoms with van der Waals surface area (Å²) in [6.45, 7) is 4.09. The molecule has 6 nitrogen and oxygen atoms in total. The van der Waals surface area contributed by atoms with Gasteiger partial charge in [-0.25, -0.2) is 13.4 Å². The molecule has 0 aromatic carbocycles. The molecule has 0 fully saturated rings. The van der Waals surface area contributed by atoms with E-state index in [1.54, 1.807) is 6.92 Å². The van der Waals surface area contributed by atoms with E-state index in [0.29, 0.717) is 19.4 Å². The van der Waals surface area contributed by atoms with E-state index >= 15 is 0 Å². The number of hydrazone groups is 1. The van der Waals surface area contributed by atoms with Crippen LogP contribution in [0.3, 0.4) is 0 Å². The molecule has 7 heteroatoms. The molecular formula is C11H21N3O3S. The molecule has 2 N–H and O–H groups in total. The van der Waals surface area contributed by atoms with Crippen LogP contribution < -0.4 is 5.73 Å². The van der Waals surface area contributed by atoms with Gasteiger partial charge in [0.2, 0.25) is 0 Å². The predicted molar refractivity (Wildman–Crippen MR) is 70.9 cm³/mol. The Morgan fingerprint density at radius 3 is 2.56 bits per heavy atom. The SMILES string of the molecule is CCC1=NN(CCS(=O)(=O)CC)C(=O)C1CCN. The van der Waals surface area contributed by atoms with Gasteiger partial charge in [-0.1, -0.05) is 13.8 Å². The molecule has 0 aromatic rings. The van der Waals surface area contributed by atoms with Gasteiger partial charge in [-0.3, -0.25) is 4.79 Å². The van der Waals surface area contributed by atoms with E-state index in [1.165, 1.54) is 5.01 Å². The van der Waals surface area contributed by atoms with Gasteiger partial charge < -0.3 is 5.73 Å². The second-order valence-corrected chi connectivity index (χ2v) is 6.75. The van der Waals surface area contributed by atoms with Crippen LogP contribution in [0.1, 0.15) is 26.7 Å². The quantitative estimate of drug-likeness (QED) is 0.707. The third-order valence-corrected chi connectivity index (χ3v) is 4.76. The highest BCUT2D eigenvalue weighted by molar-refractivity contribution is 7.91. The Morgan fingerprint density at radius 2 is 2.06 bits per heavy atom. The topological polar surface area (TPSA) is 92.8 Å². The maximum atomic E-state index is 12.0. The molecule has 0 radical (unpaired) electrons. The summed E-state index contributed by atoms with van der Waals surface area (Å²) in [5, 5.41) is 5.49. The van der Waals surface area contributed by atoms with E-state index < -0.39 is 9.84 Å². The Morgan fingerprint density at radius 1 is 1.39 bits per heavy atom. The predicted octanol–water partition coefficient (Wildman–Crippen LogP) is -0.00570. The highest BCUT2D eigenvalue weighted by Gasteiger charge is 2.34. The van der Waals surface area contributed by atoms with E-state index in [9.17, 15) is 13.2 Å². The lowest BCUT2D eigenvalue weighted by Crippen LogP contribution is -2.32. The van der Waals surface area contributed by atoms with Gasteiger partial charge >= 0.3 is 0 Å². The summed E-state index contributed by atoms with van der Waals surface area (Å²) in [7, 11) is -3.07. The van der Waals surface area contributed by atoms with Crippen molar-refractivity contribution >= 4 is 21.5 Å². The van der Waals surface area contributed by atoms with Gasteiger partial charge in [0.05, 0.1) is 23.9 Å². The minimum Gasteiger partial charge on any atom is -0.330 e. The number of hydrogen-bond acceptors (Lipinski definition) is 5. The molecule has 0 aliphatic carbocycles. The lowest BCUT2D eigenvalue weighted by molar-refractivity contribution is -0.131. The molecule has 0 spiro atoms. The fraction of sp³-hybridized carbons (Fsp3) is 0.818. The zero-order valence-corrected chi connectivity index (χ0v) is 11.7. The molecule has 104 valence electrons. The smallest absolute Gasteiger partial charge is 0.251 e. The molecule has 0 saturated carbocycles. The molecule has 1 aliphatic rings. The van der Waals surface area contributed by atoms with Crippen LogP contribution in [-0.2, 0) is 14.6 Å². The van der Waals surface area contributed by atoms with Crippen LogP contribution in [0.2, 0.25) is 0 Å². The Hall–Kier alpha value is -0.950. The van der Waals surface area contributed by atoms with E-state index in [2.05, 4.69) is 5.10 Å². The number of carbonyl (C=O) groups is 1. The number of carbonyl (C=O) groups excluding carboxylic acids is 1. The molecule has 0 aromatic heterocycles. The standard InChI is InChI=1S/C11H21N3O3S/c1-3-10-9(5-6-12)11(15)14(13-10)7-8-18(16,17)4-2/h9H,3-8,12H2,1-2H3. The van der Waals surface area contributed by atoms with Crippen molar-refractivity contribution in [3.05, 3.63) is 0 Å². The van der Waals surface area contributed by atoms with Gasteiger partial charge in [-0.15, -0.1) is 0 Å². The first-order valence-corrected chi connectivity index (χ1v) is 8.06. The molecule has 1 heterocycles. The summed E-state index contributed by atoms with van der Waals surface area (Å²) in [5.74, 6) is -0.329. The van der Waals surface area contributed by atoms with Gasteiger partial charge in [-0.05, 0) is 19.4 Å². The van der Waals surface area contributed by atoms with Crippen LogP contribution >= 0.6 is 0 Å². The fourth-order valence-electron chi connectivity index (χ4n) is 1.90. The summed E-state index contributed by atoms with van der Waals surface area (Å²) in [6.07, 6.45) is 1.26. The molecule has 1 atom stereocenters. The zero-order chi connectivity index (χ0) is 13.8. The molecule has 0 saturated heterocycles. The van der Waals surface area contributed by atoms with Gasteiger partial charge in [-0.2, -0.15) is 5.10 Å². The number of nitrogens with two attached hydrogens (primary N) is 1. The van der Waals surface area contributed by atoms with Crippen molar-refractivity contribution in [3.63, 3.8) is 0 Å². The van der Waals surface area contributed by atoms with Crippen LogP contribution in [-0.4, -0.2) is 49.6 Å². The maximum Gasteiger partial charge on any atom is 0.251 e. The van der Waals surface area contributed by atoms with Crippen LogP contribution in [0.5, 0.6) is 0 Å². The Kier molecular flexibility index (Phi) is 5.28. The van der Waals surface area contributed by atoms with Crippen molar-refractivity contribution < 1.29 is 13.2 Å². The van der Waals surface area contributed by atoms with Crippen LogP contribution in [0.15, 0.2) is 5.10 Å². The number of amides is 1. The number of hydrogen-bond donors (Lipinski definition) is 1. The van der Waals surface area contributed by atoms with Crippen LogP contribution in [0.4, 0.5) is 0 Å². The van der Waals surface area contributed by atoms with E-state index in [0.717, 1.165) is 5.71 Å². The normalized spacial score (nSPS) is 20.4. The Bertz CT molecular complexity index is 431. The van der Waals surface area contributed by atoms with Crippen molar-refractivity contribution in [2.45, 2.75) is 26.7 Å². The molecule has 1 aliphatic heterocycles. The van der Waals surface area contributed by atoms with Gasteiger partial charge in [0.25, 0.3) is 5.91 Å². The van der Waals surface area contributed by atoms with Crippen LogP contribution in [0, 0.1) is 5.92 Å². The number of sulfone groups is 1. The van der Waals surface area contributed by atoms with Gasteiger partial charge in [0, 0.05) is 5.75 Å². The monoisotopic (exact) mass is 275 g/mol. The highest BCUT2D eigenvalue weighted by atomic mass is 32.2. The molecule has 18 heavy (non-hydrogen) atoms. The van der Waals surface area contributed by atoms with E-state index in [1.807, 2.05) is 6.92 Å². The average Bonchev–Trinajstić information content (AvgIpc) is 2.65. The average molecular weight is 275 g/mol. The molecule has 1 unspecified atom stereocenters. The second kappa shape index (κ2) is 6.29. The summed E-state index contributed by atoms with van der Waals surface area (Å²) < 4.78 is 22.8. The first-order valence-electron chi connectivity index (χ1n) is 6.24. The summed E-state index contributed by atoms with van der Waals surface area (Å²) >= 11 is 0. The lowest BCUT2D eigenvalue weighted by atomic mass is 9.98. The van der Waals surface area contributed by atoms with Crippen molar-refractivity contribution in [1.82, 2.24) is 5.01 Å². The number of nitrogens with zero attached hydrogens (tertiary/aromatic N) is 2. The highest BCUT2D eigenvalue weighted by Crippen LogP contribution is 2.20. The van der Waals surface area contributed by atoms with E-state index in [-0.39, 0.29) is 29.9 Å². The summed E-state index contributed by atoms with van der Waals surface area (Å²) in [4.78, 5) is 12.0. The minimum atomic E-state index is -3.07. The van der Waals surface area contributed by atoms with Crippen molar-refractivity contribution in [3.8, 4) is 0 Å². The minimum absolute atomic E-state index is 0.0366. The third-order valence-electron chi connectivity index (χ3n) is 3.08. The van der Waals surface area contributed by atoms with E-state index in [4.69, 9.17) is 5.73 Å². The van der Waals surface area contributed by atoms with Crippen LogP contribution in [0.25, 0.3) is 0 Å². The largest absolute Gasteiger partial charge is 0.330 e. The number of rotatable bonds is 7. The van der Waals surface area contributed by atoms with Gasteiger partial charge in [0.1, 0.15) is 0 Å². The second-order valence-electron chi connectivity index (χ2n) is 4.27. The fourth-order valence-corrected chi connectivity index (χ4v) is 2.64. The van der Waals surface area contributed by atoms with Crippen molar-refractivity contribution in [1.29, 1.82) is 0 Å². The Labute approximate surface area is 108 Å². The first kappa shape index (κ1) is 15.1. The Balaban J connectivity index is 2.69. The molecule has 0 bridgehead atoms. The third kappa shape index (κ3) is 3.52.